The molecule has 0 bridgehead atoms. The van der Waals surface area contributed by atoms with E-state index in [2.05, 4.69) is 4.98 Å². The van der Waals surface area contributed by atoms with Gasteiger partial charge in [0.05, 0.1) is 18.5 Å². The Balaban J connectivity index is 1.95. The monoisotopic (exact) mass is 419 g/mol. The third-order valence-electron chi connectivity index (χ3n) is 5.54. The first-order valence-corrected chi connectivity index (χ1v) is 9.77. The van der Waals surface area contributed by atoms with Gasteiger partial charge in [-0.2, -0.15) is 13.2 Å². The maximum atomic E-state index is 14.0. The number of aryl methyl sites for hydroxylation is 1. The quantitative estimate of drug-likeness (QED) is 0.411. The van der Waals surface area contributed by atoms with E-state index in [0.29, 0.717) is 22.5 Å². The molecule has 6 heteroatoms. The summed E-state index contributed by atoms with van der Waals surface area (Å²) in [6.07, 6.45) is -4.88. The molecule has 0 aliphatic carbocycles. The number of alkyl halides is 3. The Morgan fingerprint density at radius 2 is 1.73 bits per heavy atom. The Bertz CT molecular complexity index is 1040. The zero-order valence-electron chi connectivity index (χ0n) is 17.5. The molecule has 0 aliphatic heterocycles. The van der Waals surface area contributed by atoms with Crippen LogP contribution in [0.5, 0.6) is 5.75 Å². The number of para-hydroxylation sites is 1. The van der Waals surface area contributed by atoms with E-state index in [-0.39, 0.29) is 12.8 Å². The van der Waals surface area contributed by atoms with Gasteiger partial charge in [-0.1, -0.05) is 32.0 Å². The topological polar surface area (TPSA) is 22.1 Å². The van der Waals surface area contributed by atoms with Crippen LogP contribution in [0.25, 0.3) is 10.9 Å². The van der Waals surface area contributed by atoms with E-state index >= 15 is 0 Å². The van der Waals surface area contributed by atoms with Gasteiger partial charge in [0.15, 0.2) is 0 Å². The van der Waals surface area contributed by atoms with E-state index in [0.717, 1.165) is 10.9 Å². The minimum Gasteiger partial charge on any atom is -0.496 e. The van der Waals surface area contributed by atoms with Crippen LogP contribution in [0.2, 0.25) is 0 Å². The molecule has 3 aromatic rings. The van der Waals surface area contributed by atoms with E-state index < -0.39 is 23.3 Å². The average molecular weight is 419 g/mol. The Morgan fingerprint density at radius 3 is 2.40 bits per heavy atom. The molecule has 1 atom stereocenters. The van der Waals surface area contributed by atoms with E-state index in [9.17, 15) is 17.6 Å². The van der Waals surface area contributed by atoms with E-state index in [1.165, 1.54) is 25.3 Å². The highest BCUT2D eigenvalue weighted by atomic mass is 19.4. The highest BCUT2D eigenvalue weighted by molar-refractivity contribution is 5.82. The number of hydrogen-bond acceptors (Lipinski definition) is 2. The Hall–Kier alpha value is -2.63. The third-order valence-corrected chi connectivity index (χ3v) is 5.54. The molecule has 0 radical (unpaired) electrons. The molecule has 0 fully saturated rings. The van der Waals surface area contributed by atoms with Crippen LogP contribution < -0.4 is 4.74 Å². The fourth-order valence-electron chi connectivity index (χ4n) is 4.01. The summed E-state index contributed by atoms with van der Waals surface area (Å²) in [5, 5.41) is 0.926. The summed E-state index contributed by atoms with van der Waals surface area (Å²) in [7, 11) is 1.43. The minimum absolute atomic E-state index is 0.218. The molecule has 30 heavy (non-hydrogen) atoms. The van der Waals surface area contributed by atoms with Crippen molar-refractivity contribution in [3.8, 4) is 5.75 Å². The van der Waals surface area contributed by atoms with Gasteiger partial charge >= 0.3 is 6.18 Å². The van der Waals surface area contributed by atoms with Crippen molar-refractivity contribution >= 4 is 10.9 Å². The van der Waals surface area contributed by atoms with Crippen LogP contribution in [-0.2, 0) is 11.8 Å². The van der Waals surface area contributed by atoms with Gasteiger partial charge in [-0.05, 0) is 54.7 Å². The normalized spacial score (nSPS) is 13.5. The smallest absolute Gasteiger partial charge is 0.392 e. The Kier molecular flexibility index (Phi) is 6.06. The number of methoxy groups -OCH3 is 1. The highest BCUT2D eigenvalue weighted by Crippen LogP contribution is 2.42. The Morgan fingerprint density at radius 1 is 1.03 bits per heavy atom. The summed E-state index contributed by atoms with van der Waals surface area (Å²) in [6.45, 7) is 5.24. The predicted octanol–water partition coefficient (Wildman–Crippen LogP) is 6.78. The number of hydrogen-bond donors (Lipinski definition) is 0. The second kappa shape index (κ2) is 8.25. The van der Waals surface area contributed by atoms with Gasteiger partial charge in [0, 0.05) is 23.1 Å². The van der Waals surface area contributed by atoms with E-state index in [1.54, 1.807) is 26.0 Å². The number of nitrogens with zero attached hydrogens (tertiary/aromatic N) is 1. The van der Waals surface area contributed by atoms with Gasteiger partial charge in [0.2, 0.25) is 0 Å². The van der Waals surface area contributed by atoms with Gasteiger partial charge in [0.1, 0.15) is 11.6 Å². The third kappa shape index (κ3) is 4.74. The number of halogens is 4. The van der Waals surface area contributed by atoms with Crippen LogP contribution in [0.1, 0.15) is 37.1 Å². The molecule has 0 saturated carbocycles. The van der Waals surface area contributed by atoms with Crippen molar-refractivity contribution in [1.82, 2.24) is 4.98 Å². The summed E-state index contributed by atoms with van der Waals surface area (Å²) in [5.74, 6) is -1.76. The van der Waals surface area contributed by atoms with Crippen molar-refractivity contribution in [3.63, 3.8) is 0 Å². The first-order valence-electron chi connectivity index (χ1n) is 9.77. The maximum absolute atomic E-state index is 14.0. The highest BCUT2D eigenvalue weighted by Gasteiger charge is 2.43. The molecule has 0 aliphatic rings. The zero-order chi connectivity index (χ0) is 22.1. The average Bonchev–Trinajstić information content (AvgIpc) is 2.66. The lowest BCUT2D eigenvalue weighted by Gasteiger charge is -2.32. The largest absolute Gasteiger partial charge is 0.496 e. The lowest BCUT2D eigenvalue weighted by Crippen LogP contribution is -2.33. The molecule has 0 saturated heterocycles. The van der Waals surface area contributed by atoms with E-state index in [4.69, 9.17) is 4.74 Å². The van der Waals surface area contributed by atoms with Crippen LogP contribution in [-0.4, -0.2) is 18.3 Å². The fourth-order valence-corrected chi connectivity index (χ4v) is 4.01. The van der Waals surface area contributed by atoms with Crippen LogP contribution in [0.4, 0.5) is 17.6 Å². The standard InChI is InChI=1S/C24H25F4NO/c1-15-11-18(29-21-8-6-5-7-19(15)21)12-16(24(26,27)28)14-23(2,3)20-13-17(25)9-10-22(20)30-4/h5-11,13,16H,12,14H2,1-4H3. The summed E-state index contributed by atoms with van der Waals surface area (Å²) >= 11 is 0. The number of aromatic nitrogens is 1. The Labute approximate surface area is 173 Å². The molecule has 160 valence electrons. The molecule has 2 aromatic carbocycles. The molecule has 0 spiro atoms. The summed E-state index contributed by atoms with van der Waals surface area (Å²) in [4.78, 5) is 4.46. The number of ether oxygens (including phenoxy) is 1. The van der Waals surface area contributed by atoms with Gasteiger partial charge < -0.3 is 4.74 Å². The molecule has 1 heterocycles. The molecule has 0 N–H and O–H groups in total. The number of benzene rings is 2. The van der Waals surface area contributed by atoms with Crippen molar-refractivity contribution in [2.75, 3.05) is 7.11 Å². The molecule has 2 nitrogen and oxygen atoms in total. The first-order chi connectivity index (χ1) is 14.0. The second-order valence-corrected chi connectivity index (χ2v) is 8.32. The van der Waals surface area contributed by atoms with Gasteiger partial charge in [-0.25, -0.2) is 4.39 Å². The van der Waals surface area contributed by atoms with Crippen molar-refractivity contribution in [3.05, 3.63) is 71.2 Å². The molecule has 0 amide bonds. The van der Waals surface area contributed by atoms with E-state index in [1.807, 2.05) is 25.1 Å². The number of rotatable bonds is 6. The predicted molar refractivity (Wildman–Crippen MR) is 110 cm³/mol. The summed E-state index contributed by atoms with van der Waals surface area (Å²) in [5.41, 5.74) is 1.43. The summed E-state index contributed by atoms with van der Waals surface area (Å²) in [6, 6.07) is 13.1. The molecule has 1 unspecified atom stereocenters. The van der Waals surface area contributed by atoms with Crippen LogP contribution in [0, 0.1) is 18.7 Å². The maximum Gasteiger partial charge on any atom is 0.392 e. The van der Waals surface area contributed by atoms with Crippen LogP contribution >= 0.6 is 0 Å². The van der Waals surface area contributed by atoms with Gasteiger partial charge in [-0.3, -0.25) is 4.98 Å². The molecule has 1 aromatic heterocycles. The van der Waals surface area contributed by atoms with Crippen LogP contribution in [0.15, 0.2) is 48.5 Å². The molecule has 3 rings (SSSR count). The second-order valence-electron chi connectivity index (χ2n) is 8.32. The number of pyridine rings is 1. The summed E-state index contributed by atoms with van der Waals surface area (Å²) < 4.78 is 61.1. The minimum atomic E-state index is -4.42. The number of fused-ring (bicyclic) bond motifs is 1. The first kappa shape index (κ1) is 22.1. The SMILES string of the molecule is COc1ccc(F)cc1C(C)(C)CC(Cc1cc(C)c2ccccc2n1)C(F)(F)F. The molecular weight excluding hydrogens is 394 g/mol. The van der Waals surface area contributed by atoms with Gasteiger partial charge in [-0.15, -0.1) is 0 Å². The van der Waals surface area contributed by atoms with Crippen molar-refractivity contribution in [2.45, 2.75) is 45.2 Å². The van der Waals surface area contributed by atoms with Crippen LogP contribution in [0.3, 0.4) is 0 Å². The van der Waals surface area contributed by atoms with Crippen molar-refractivity contribution in [1.29, 1.82) is 0 Å². The van der Waals surface area contributed by atoms with Gasteiger partial charge in [0.25, 0.3) is 0 Å². The molecular formula is C24H25F4NO. The van der Waals surface area contributed by atoms with Crippen molar-refractivity contribution in [2.24, 2.45) is 5.92 Å². The lowest BCUT2D eigenvalue weighted by molar-refractivity contribution is -0.179. The zero-order valence-corrected chi connectivity index (χ0v) is 17.5. The lowest BCUT2D eigenvalue weighted by atomic mass is 9.75. The van der Waals surface area contributed by atoms with Crippen molar-refractivity contribution < 1.29 is 22.3 Å². The fraction of sp³-hybridized carbons (Fsp3) is 0.375.